The summed E-state index contributed by atoms with van der Waals surface area (Å²) in [6, 6.07) is 5.14. The summed E-state index contributed by atoms with van der Waals surface area (Å²) in [6.07, 6.45) is -0.111. The monoisotopic (exact) mass is 349 g/mol. The molecule has 0 fully saturated rings. The molecule has 2 aromatic heterocycles. The van der Waals surface area contributed by atoms with Crippen molar-refractivity contribution in [2.45, 2.75) is 19.9 Å². The van der Waals surface area contributed by atoms with Crippen LogP contribution < -0.4 is 5.32 Å². The summed E-state index contributed by atoms with van der Waals surface area (Å²) in [4.78, 5) is 12.8. The second kappa shape index (κ2) is 6.88. The van der Waals surface area contributed by atoms with Crippen LogP contribution >= 0.6 is 11.3 Å². The zero-order valence-corrected chi connectivity index (χ0v) is 13.5. The smallest absolute Gasteiger partial charge is 0.258 e. The molecule has 0 aliphatic rings. The Hall–Kier alpha value is -2.61. The Labute approximate surface area is 140 Å². The number of hydrogen-bond acceptors (Lipinski definition) is 5. The lowest BCUT2D eigenvalue weighted by Crippen LogP contribution is -2.25. The molecular weight excluding hydrogens is 336 g/mol. The van der Waals surface area contributed by atoms with Crippen LogP contribution in [-0.4, -0.2) is 16.1 Å². The van der Waals surface area contributed by atoms with Crippen LogP contribution in [0.25, 0.3) is 10.8 Å². The lowest BCUT2D eigenvalue weighted by molar-refractivity contribution is -0.120. The molecule has 0 atom stereocenters. The summed E-state index contributed by atoms with van der Waals surface area (Å²) in [5, 5.41) is 12.2. The molecule has 0 saturated heterocycles. The molecule has 124 valence electrons. The fourth-order valence-electron chi connectivity index (χ4n) is 2.07. The van der Waals surface area contributed by atoms with Crippen molar-refractivity contribution in [3.63, 3.8) is 0 Å². The van der Waals surface area contributed by atoms with Gasteiger partial charge in [-0.3, -0.25) is 4.79 Å². The molecule has 2 heterocycles. The van der Waals surface area contributed by atoms with E-state index in [9.17, 15) is 13.6 Å². The molecule has 0 radical (unpaired) electrons. The third kappa shape index (κ3) is 3.65. The summed E-state index contributed by atoms with van der Waals surface area (Å²) < 4.78 is 31.8. The number of amides is 1. The highest BCUT2D eigenvalue weighted by molar-refractivity contribution is 7.13. The largest absolute Gasteiger partial charge is 0.419 e. The molecule has 0 aliphatic heterocycles. The van der Waals surface area contributed by atoms with Gasteiger partial charge in [-0.15, -0.1) is 21.5 Å². The predicted molar refractivity (Wildman–Crippen MR) is 84.3 cm³/mol. The van der Waals surface area contributed by atoms with Crippen molar-refractivity contribution in [3.8, 4) is 10.8 Å². The summed E-state index contributed by atoms with van der Waals surface area (Å²) in [5.41, 5.74) is 1.22. The maximum Gasteiger partial charge on any atom is 0.258 e. The van der Waals surface area contributed by atoms with Gasteiger partial charge in [0.2, 0.25) is 11.8 Å². The van der Waals surface area contributed by atoms with Crippen LogP contribution in [0.3, 0.4) is 0 Å². The van der Waals surface area contributed by atoms with Crippen LogP contribution in [0.2, 0.25) is 0 Å². The minimum Gasteiger partial charge on any atom is -0.419 e. The molecule has 1 N–H and O–H groups in total. The SMILES string of the molecule is Cc1ccsc1-c1nnc(CC(=O)NCc2ccc(F)cc2F)o1. The van der Waals surface area contributed by atoms with E-state index in [0.29, 0.717) is 5.89 Å². The van der Waals surface area contributed by atoms with E-state index >= 15 is 0 Å². The van der Waals surface area contributed by atoms with Crippen LogP contribution in [0, 0.1) is 18.6 Å². The van der Waals surface area contributed by atoms with Gasteiger partial charge in [-0.25, -0.2) is 8.78 Å². The van der Waals surface area contributed by atoms with Crippen LogP contribution in [-0.2, 0) is 17.8 Å². The fourth-order valence-corrected chi connectivity index (χ4v) is 2.91. The lowest BCUT2D eigenvalue weighted by Gasteiger charge is -2.05. The quantitative estimate of drug-likeness (QED) is 0.768. The molecule has 24 heavy (non-hydrogen) atoms. The van der Waals surface area contributed by atoms with E-state index in [1.165, 1.54) is 17.4 Å². The molecule has 8 heteroatoms. The second-order valence-corrected chi connectivity index (χ2v) is 6.04. The van der Waals surface area contributed by atoms with Gasteiger partial charge in [0.1, 0.15) is 18.1 Å². The molecule has 1 aromatic carbocycles. The van der Waals surface area contributed by atoms with Crippen molar-refractivity contribution in [2.24, 2.45) is 0 Å². The predicted octanol–water partition coefficient (Wildman–Crippen LogP) is 3.24. The van der Waals surface area contributed by atoms with Crippen molar-refractivity contribution >= 4 is 17.2 Å². The van der Waals surface area contributed by atoms with Crippen LogP contribution in [0.15, 0.2) is 34.1 Å². The van der Waals surface area contributed by atoms with Crippen molar-refractivity contribution < 1.29 is 18.0 Å². The number of rotatable bonds is 5. The number of thiophene rings is 1. The number of aromatic nitrogens is 2. The van der Waals surface area contributed by atoms with Crippen molar-refractivity contribution in [1.29, 1.82) is 0 Å². The van der Waals surface area contributed by atoms with E-state index in [0.717, 1.165) is 22.6 Å². The number of halogens is 2. The van der Waals surface area contributed by atoms with E-state index in [4.69, 9.17) is 4.42 Å². The molecule has 0 aliphatic carbocycles. The summed E-state index contributed by atoms with van der Waals surface area (Å²) in [5.74, 6) is -1.21. The average molecular weight is 349 g/mol. The molecule has 1 amide bonds. The minimum atomic E-state index is -0.705. The zero-order valence-electron chi connectivity index (χ0n) is 12.7. The van der Waals surface area contributed by atoms with E-state index in [1.807, 2.05) is 18.4 Å². The Morgan fingerprint density at radius 2 is 2.12 bits per heavy atom. The Morgan fingerprint density at radius 3 is 2.83 bits per heavy atom. The number of carbonyl (C=O) groups excluding carboxylic acids is 1. The van der Waals surface area contributed by atoms with E-state index in [-0.39, 0.29) is 24.4 Å². The Bertz CT molecular complexity index is 876. The molecule has 5 nitrogen and oxygen atoms in total. The first kappa shape index (κ1) is 16.3. The highest BCUT2D eigenvalue weighted by Gasteiger charge is 2.15. The highest BCUT2D eigenvalue weighted by Crippen LogP contribution is 2.27. The molecule has 0 unspecified atom stereocenters. The van der Waals surface area contributed by atoms with E-state index in [2.05, 4.69) is 15.5 Å². The Morgan fingerprint density at radius 1 is 1.29 bits per heavy atom. The van der Waals surface area contributed by atoms with Crippen molar-refractivity contribution in [2.75, 3.05) is 0 Å². The van der Waals surface area contributed by atoms with Gasteiger partial charge >= 0.3 is 0 Å². The number of benzene rings is 1. The van der Waals surface area contributed by atoms with Gasteiger partial charge in [0, 0.05) is 18.2 Å². The summed E-state index contributed by atoms with van der Waals surface area (Å²) >= 11 is 1.48. The maximum absolute atomic E-state index is 13.5. The third-order valence-corrected chi connectivity index (χ3v) is 4.33. The molecule has 0 bridgehead atoms. The molecule has 3 rings (SSSR count). The summed E-state index contributed by atoms with van der Waals surface area (Å²) in [6.45, 7) is 1.88. The summed E-state index contributed by atoms with van der Waals surface area (Å²) in [7, 11) is 0. The number of nitrogens with one attached hydrogen (secondary N) is 1. The average Bonchev–Trinajstić information content (AvgIpc) is 3.15. The van der Waals surface area contributed by atoms with Crippen molar-refractivity contribution in [3.05, 3.63) is 58.3 Å². The number of hydrogen-bond donors (Lipinski definition) is 1. The molecule has 3 aromatic rings. The normalized spacial score (nSPS) is 10.8. The van der Waals surface area contributed by atoms with Crippen LogP contribution in [0.1, 0.15) is 17.0 Å². The highest BCUT2D eigenvalue weighted by atomic mass is 32.1. The first-order valence-electron chi connectivity index (χ1n) is 7.10. The van der Waals surface area contributed by atoms with Gasteiger partial charge in [-0.1, -0.05) is 6.07 Å². The van der Waals surface area contributed by atoms with Crippen LogP contribution in [0.5, 0.6) is 0 Å². The zero-order chi connectivity index (χ0) is 17.1. The van der Waals surface area contributed by atoms with E-state index < -0.39 is 17.5 Å². The van der Waals surface area contributed by atoms with Gasteiger partial charge in [0.25, 0.3) is 5.89 Å². The van der Waals surface area contributed by atoms with Crippen LogP contribution in [0.4, 0.5) is 8.78 Å². The molecule has 0 spiro atoms. The number of nitrogens with zero attached hydrogens (tertiary/aromatic N) is 2. The first-order valence-corrected chi connectivity index (χ1v) is 7.98. The topological polar surface area (TPSA) is 68.0 Å². The third-order valence-electron chi connectivity index (χ3n) is 3.33. The Kier molecular flexibility index (Phi) is 4.66. The van der Waals surface area contributed by atoms with Gasteiger partial charge in [0.05, 0.1) is 4.88 Å². The van der Waals surface area contributed by atoms with E-state index in [1.54, 1.807) is 0 Å². The van der Waals surface area contributed by atoms with Crippen molar-refractivity contribution in [1.82, 2.24) is 15.5 Å². The van der Waals surface area contributed by atoms with Gasteiger partial charge in [-0.2, -0.15) is 0 Å². The standard InChI is InChI=1S/C16H13F2N3O2S/c1-9-4-5-24-15(9)16-21-20-14(23-16)7-13(22)19-8-10-2-3-11(17)6-12(10)18/h2-6H,7-8H2,1H3,(H,19,22). The molecule has 0 saturated carbocycles. The van der Waals surface area contributed by atoms with Gasteiger partial charge < -0.3 is 9.73 Å². The maximum atomic E-state index is 13.5. The Balaban J connectivity index is 1.59. The fraction of sp³-hybridized carbons (Fsp3) is 0.188. The number of aryl methyl sites for hydroxylation is 1. The number of carbonyl (C=O) groups is 1. The minimum absolute atomic E-state index is 0.0457. The second-order valence-electron chi connectivity index (χ2n) is 5.12. The van der Waals surface area contributed by atoms with Gasteiger partial charge in [0.15, 0.2) is 0 Å². The molecular formula is C16H13F2N3O2S. The van der Waals surface area contributed by atoms with Gasteiger partial charge in [-0.05, 0) is 30.0 Å². The first-order chi connectivity index (χ1) is 11.5. The lowest BCUT2D eigenvalue weighted by atomic mass is 10.2.